The summed E-state index contributed by atoms with van der Waals surface area (Å²) < 4.78 is 25.3. The second-order valence-electron chi connectivity index (χ2n) is 15.8. The number of nitrogens with one attached hydrogen (secondary N) is 4. The molecule has 0 unspecified atom stereocenters. The topological polar surface area (TPSA) is 193 Å². The molecule has 4 aromatic carbocycles. The van der Waals surface area contributed by atoms with Crippen LogP contribution in [0.4, 0.5) is 0 Å². The number of benzene rings is 4. The van der Waals surface area contributed by atoms with Gasteiger partial charge in [0, 0.05) is 112 Å². The first-order valence-corrected chi connectivity index (χ1v) is 22.6. The van der Waals surface area contributed by atoms with Crippen molar-refractivity contribution in [1.82, 2.24) is 31.2 Å². The zero-order chi connectivity index (χ0) is 48.4. The number of hydrogen-bond donors (Lipinski definition) is 4. The van der Waals surface area contributed by atoms with Gasteiger partial charge in [-0.05, 0) is 71.5 Å². The summed E-state index contributed by atoms with van der Waals surface area (Å²) in [5.41, 5.74) is 9.99. The summed E-state index contributed by atoms with van der Waals surface area (Å²) in [7, 11) is 0. The first-order valence-electron chi connectivity index (χ1n) is 21.8. The Balaban J connectivity index is 1.17. The van der Waals surface area contributed by atoms with Crippen molar-refractivity contribution in [3.05, 3.63) is 163 Å². The Morgan fingerprint density at radius 2 is 0.956 bits per heavy atom. The first kappa shape index (κ1) is 50.2. The van der Waals surface area contributed by atoms with Crippen LogP contribution in [0.1, 0.15) is 69.5 Å². The summed E-state index contributed by atoms with van der Waals surface area (Å²) in [6.45, 7) is 10.7. The van der Waals surface area contributed by atoms with Gasteiger partial charge in [-0.25, -0.2) is 0 Å². The van der Waals surface area contributed by atoms with E-state index in [4.69, 9.17) is 42.1 Å². The van der Waals surface area contributed by atoms with Crippen molar-refractivity contribution in [2.24, 2.45) is 0 Å². The van der Waals surface area contributed by atoms with Crippen LogP contribution >= 0.6 is 23.2 Å². The van der Waals surface area contributed by atoms with Crippen molar-refractivity contribution in [3.63, 3.8) is 0 Å². The summed E-state index contributed by atoms with van der Waals surface area (Å²) in [6, 6.07) is 27.1. The molecule has 6 aromatic rings. The lowest BCUT2D eigenvalue weighted by atomic mass is 9.92. The SMILES string of the molecule is CC(=O)NCCNCc1cc(Cl)c(OCc2cccc(-c3cccc(COc4cc(OCc5cncc(C#N)c5)c(CNCCNC(C)=O)cc4Cl)c3C)c2C)cc1OCc1cncc(C#N)c1. The molecule has 0 saturated heterocycles. The molecule has 2 aromatic heterocycles. The van der Waals surface area contributed by atoms with Gasteiger partial charge < -0.3 is 40.2 Å². The zero-order valence-electron chi connectivity index (χ0n) is 38.3. The number of halogens is 2. The maximum Gasteiger partial charge on any atom is 0.216 e. The maximum atomic E-state index is 11.3. The summed E-state index contributed by atoms with van der Waals surface area (Å²) in [6.07, 6.45) is 6.30. The van der Waals surface area contributed by atoms with Crippen molar-refractivity contribution in [3.8, 4) is 46.3 Å². The number of rotatable bonds is 23. The van der Waals surface area contributed by atoms with Crippen LogP contribution in [0.25, 0.3) is 11.1 Å². The van der Waals surface area contributed by atoms with Crippen molar-refractivity contribution in [2.75, 3.05) is 26.2 Å². The van der Waals surface area contributed by atoms with Gasteiger partial charge in [-0.3, -0.25) is 19.6 Å². The number of ether oxygens (including phenoxy) is 4. The molecule has 4 N–H and O–H groups in total. The van der Waals surface area contributed by atoms with Gasteiger partial charge >= 0.3 is 0 Å². The average Bonchev–Trinajstić information content (AvgIpc) is 3.33. The fourth-order valence-corrected chi connectivity index (χ4v) is 7.65. The van der Waals surface area contributed by atoms with E-state index in [1.54, 1.807) is 48.8 Å². The van der Waals surface area contributed by atoms with Crippen molar-refractivity contribution in [1.29, 1.82) is 10.5 Å². The molecule has 68 heavy (non-hydrogen) atoms. The maximum absolute atomic E-state index is 11.3. The number of nitriles is 2. The number of amides is 2. The smallest absolute Gasteiger partial charge is 0.216 e. The Hall–Kier alpha value is -7.20. The lowest BCUT2D eigenvalue weighted by molar-refractivity contribution is -0.119. The number of aromatic nitrogens is 2. The minimum Gasteiger partial charge on any atom is -0.488 e. The highest BCUT2D eigenvalue weighted by Crippen LogP contribution is 2.37. The van der Waals surface area contributed by atoms with Crippen molar-refractivity contribution < 1.29 is 28.5 Å². The van der Waals surface area contributed by atoms with E-state index in [-0.39, 0.29) is 38.2 Å². The van der Waals surface area contributed by atoms with Crippen LogP contribution in [0.5, 0.6) is 23.0 Å². The van der Waals surface area contributed by atoms with Gasteiger partial charge in [0.15, 0.2) is 0 Å². The molecule has 0 radical (unpaired) electrons. The van der Waals surface area contributed by atoms with E-state index in [1.165, 1.54) is 26.2 Å². The van der Waals surface area contributed by atoms with Crippen LogP contribution in [-0.4, -0.2) is 48.0 Å². The van der Waals surface area contributed by atoms with E-state index in [2.05, 4.69) is 69.4 Å². The molecular formula is C52H52Cl2N8O6. The highest BCUT2D eigenvalue weighted by atomic mass is 35.5. The van der Waals surface area contributed by atoms with Crippen LogP contribution in [-0.2, 0) is 49.1 Å². The number of carbonyl (C=O) groups excluding carboxylic acids is 2. The minimum absolute atomic E-state index is 0.104. The standard InChI is InChI=1S/C52H52Cl2N8O6/c1-33-41(31-67-51-19-49(65-29-39-15-37(21-55)23-59-25-39)43(17-47(51)53)27-57-11-13-61-35(3)63)7-5-9-45(33)46-10-6-8-42(34(46)2)32-68-52-20-50(66-30-40-16-38(22-56)24-60-26-40)44(18-48(52)54)28-58-12-14-62-36(4)64/h5-10,15-20,23-26,57-58H,11-14,27-32H2,1-4H3,(H,61,63)(H,62,64). The summed E-state index contributed by atoms with van der Waals surface area (Å²) in [5.74, 6) is 1.77. The summed E-state index contributed by atoms with van der Waals surface area (Å²) in [5, 5.41) is 31.7. The Bertz CT molecular complexity index is 2640. The molecule has 6 rings (SSSR count). The third-order valence-electron chi connectivity index (χ3n) is 10.8. The fourth-order valence-electron chi connectivity index (χ4n) is 7.17. The minimum atomic E-state index is -0.104. The van der Waals surface area contributed by atoms with Crippen LogP contribution in [0.3, 0.4) is 0 Å². The molecule has 16 heteroatoms. The van der Waals surface area contributed by atoms with E-state index in [9.17, 15) is 20.1 Å². The molecule has 0 atom stereocenters. The van der Waals surface area contributed by atoms with Crippen LogP contribution in [0, 0.1) is 36.5 Å². The van der Waals surface area contributed by atoms with E-state index < -0.39 is 0 Å². The molecule has 0 aliphatic heterocycles. The molecule has 350 valence electrons. The van der Waals surface area contributed by atoms with E-state index in [0.717, 1.165) is 55.6 Å². The average molecular weight is 956 g/mol. The van der Waals surface area contributed by atoms with Gasteiger partial charge in [-0.1, -0.05) is 59.6 Å². The Morgan fingerprint density at radius 3 is 1.35 bits per heavy atom. The second kappa shape index (κ2) is 25.1. The highest BCUT2D eigenvalue weighted by Gasteiger charge is 2.17. The third kappa shape index (κ3) is 14.4. The van der Waals surface area contributed by atoms with E-state index in [0.29, 0.717) is 83.4 Å². The van der Waals surface area contributed by atoms with E-state index in [1.807, 2.05) is 24.3 Å². The molecule has 14 nitrogen and oxygen atoms in total. The van der Waals surface area contributed by atoms with Gasteiger partial charge in [-0.15, -0.1) is 0 Å². The third-order valence-corrected chi connectivity index (χ3v) is 11.4. The van der Waals surface area contributed by atoms with Crippen molar-refractivity contribution >= 4 is 35.0 Å². The van der Waals surface area contributed by atoms with E-state index >= 15 is 0 Å². The van der Waals surface area contributed by atoms with Crippen LogP contribution in [0.15, 0.2) is 97.6 Å². The Kier molecular flexibility index (Phi) is 18.5. The van der Waals surface area contributed by atoms with Gasteiger partial charge in [0.05, 0.1) is 21.2 Å². The van der Waals surface area contributed by atoms with Gasteiger partial charge in [0.25, 0.3) is 0 Å². The van der Waals surface area contributed by atoms with Gasteiger partial charge in [0.1, 0.15) is 61.6 Å². The number of hydrogen-bond acceptors (Lipinski definition) is 12. The Labute approximate surface area is 406 Å². The lowest BCUT2D eigenvalue weighted by Gasteiger charge is -2.19. The quantitative estimate of drug-likeness (QED) is 0.0448. The van der Waals surface area contributed by atoms with Crippen LogP contribution in [0.2, 0.25) is 10.0 Å². The fraction of sp³-hybridized carbons (Fsp3) is 0.269. The predicted molar refractivity (Wildman–Crippen MR) is 260 cm³/mol. The molecular weight excluding hydrogens is 904 g/mol. The Morgan fingerprint density at radius 1 is 0.544 bits per heavy atom. The van der Waals surface area contributed by atoms with Gasteiger partial charge in [-0.2, -0.15) is 10.5 Å². The molecule has 0 bridgehead atoms. The highest BCUT2D eigenvalue weighted by molar-refractivity contribution is 6.32. The number of nitrogens with zero attached hydrogens (tertiary/aromatic N) is 4. The monoisotopic (exact) mass is 954 g/mol. The van der Waals surface area contributed by atoms with Crippen LogP contribution < -0.4 is 40.2 Å². The molecule has 2 heterocycles. The summed E-state index contributed by atoms with van der Waals surface area (Å²) in [4.78, 5) is 31.0. The zero-order valence-corrected chi connectivity index (χ0v) is 39.8. The molecule has 0 spiro atoms. The molecule has 0 aliphatic rings. The number of pyridine rings is 2. The van der Waals surface area contributed by atoms with Gasteiger partial charge in [0.2, 0.25) is 11.8 Å². The molecule has 0 saturated carbocycles. The largest absolute Gasteiger partial charge is 0.488 e. The number of carbonyl (C=O) groups is 2. The normalized spacial score (nSPS) is 10.7. The first-order chi connectivity index (χ1) is 32.9. The second-order valence-corrected chi connectivity index (χ2v) is 16.6. The summed E-state index contributed by atoms with van der Waals surface area (Å²) >= 11 is 13.7. The molecule has 2 amide bonds. The predicted octanol–water partition coefficient (Wildman–Crippen LogP) is 8.58. The van der Waals surface area contributed by atoms with Crippen molar-refractivity contribution in [2.45, 2.75) is 67.2 Å². The lowest BCUT2D eigenvalue weighted by Crippen LogP contribution is -2.30. The molecule has 0 fully saturated rings. The molecule has 0 aliphatic carbocycles.